The van der Waals surface area contributed by atoms with E-state index in [0.29, 0.717) is 25.4 Å². The third-order valence-corrected chi connectivity index (χ3v) is 7.57. The number of carbonyl (C=O) groups excluding carboxylic acids is 1. The number of ether oxygens (including phenoxy) is 1. The number of nitrogens with one attached hydrogen (secondary N) is 1. The Labute approximate surface area is 166 Å². The molecule has 9 nitrogen and oxygen atoms in total. The van der Waals surface area contributed by atoms with E-state index >= 15 is 0 Å². The molecule has 1 aliphatic heterocycles. The van der Waals surface area contributed by atoms with Crippen molar-refractivity contribution in [2.24, 2.45) is 0 Å². The van der Waals surface area contributed by atoms with E-state index in [1.54, 1.807) is 6.92 Å². The first-order valence-corrected chi connectivity index (χ1v) is 12.3. The Bertz CT molecular complexity index is 909. The van der Waals surface area contributed by atoms with Crippen LogP contribution in [-0.4, -0.2) is 70.9 Å². The highest BCUT2D eigenvalue weighted by atomic mass is 32.2. The fourth-order valence-corrected chi connectivity index (χ4v) is 4.71. The van der Waals surface area contributed by atoms with Crippen molar-refractivity contribution in [3.05, 3.63) is 18.2 Å². The molecular weight excluding hydrogens is 406 g/mol. The molecule has 1 fully saturated rings. The van der Waals surface area contributed by atoms with E-state index in [2.05, 4.69) is 5.32 Å². The topological polar surface area (TPSA) is 113 Å². The Hall–Kier alpha value is -1.69. The van der Waals surface area contributed by atoms with Crippen LogP contribution in [0.3, 0.4) is 0 Å². The molecule has 1 aromatic carbocycles. The Morgan fingerprint density at radius 3 is 2.39 bits per heavy atom. The van der Waals surface area contributed by atoms with Crippen LogP contribution in [0.25, 0.3) is 0 Å². The van der Waals surface area contributed by atoms with Gasteiger partial charge in [-0.25, -0.2) is 16.8 Å². The molecule has 0 unspecified atom stereocenters. The average Bonchev–Trinajstić information content (AvgIpc) is 2.63. The highest BCUT2D eigenvalue weighted by Crippen LogP contribution is 2.30. The molecule has 28 heavy (non-hydrogen) atoms. The van der Waals surface area contributed by atoms with Crippen LogP contribution in [0.2, 0.25) is 0 Å². The highest BCUT2D eigenvalue weighted by molar-refractivity contribution is 7.89. The largest absolute Gasteiger partial charge is 0.492 e. The summed E-state index contributed by atoms with van der Waals surface area (Å²) in [6.45, 7) is 2.63. The summed E-state index contributed by atoms with van der Waals surface area (Å²) in [6, 6.07) is 4.30. The van der Waals surface area contributed by atoms with Crippen molar-refractivity contribution in [3.63, 3.8) is 0 Å². The summed E-state index contributed by atoms with van der Waals surface area (Å²) in [7, 11) is -5.91. The Morgan fingerprint density at radius 2 is 1.82 bits per heavy atom. The third kappa shape index (κ3) is 5.66. The second kappa shape index (κ2) is 9.21. The van der Waals surface area contributed by atoms with Crippen LogP contribution in [0, 0.1) is 0 Å². The lowest BCUT2D eigenvalue weighted by atomic mass is 10.2. The molecule has 1 amide bonds. The van der Waals surface area contributed by atoms with Crippen LogP contribution < -0.4 is 10.1 Å². The molecule has 0 spiro atoms. The summed E-state index contributed by atoms with van der Waals surface area (Å²) in [4.78, 5) is 12.3. The van der Waals surface area contributed by atoms with E-state index in [4.69, 9.17) is 4.74 Å². The zero-order valence-corrected chi connectivity index (χ0v) is 18.0. The molecule has 1 aliphatic rings. The molecule has 1 aromatic rings. The van der Waals surface area contributed by atoms with Crippen LogP contribution in [-0.2, 0) is 24.8 Å². The third-order valence-electron chi connectivity index (χ3n) is 4.41. The molecule has 1 heterocycles. The van der Waals surface area contributed by atoms with Crippen molar-refractivity contribution in [2.75, 3.05) is 44.9 Å². The van der Waals surface area contributed by atoms with Crippen LogP contribution in [0.1, 0.15) is 26.2 Å². The molecule has 158 valence electrons. The van der Waals surface area contributed by atoms with Crippen LogP contribution >= 0.6 is 0 Å². The molecule has 0 bridgehead atoms. The van der Waals surface area contributed by atoms with Gasteiger partial charge in [0, 0.05) is 20.1 Å². The van der Waals surface area contributed by atoms with Crippen molar-refractivity contribution < 1.29 is 26.4 Å². The zero-order chi connectivity index (χ0) is 20.9. The lowest BCUT2D eigenvalue weighted by Crippen LogP contribution is -2.36. The molecule has 0 radical (unpaired) electrons. The van der Waals surface area contributed by atoms with Gasteiger partial charge in [0.1, 0.15) is 5.75 Å². The van der Waals surface area contributed by atoms with Crippen molar-refractivity contribution >= 4 is 31.6 Å². The highest BCUT2D eigenvalue weighted by Gasteiger charge is 2.27. The van der Waals surface area contributed by atoms with Gasteiger partial charge in [-0.15, -0.1) is 0 Å². The minimum absolute atomic E-state index is 0.0598. The quantitative estimate of drug-likeness (QED) is 0.657. The van der Waals surface area contributed by atoms with E-state index in [1.165, 1.54) is 29.6 Å². The number of hydrogen-bond donors (Lipinski definition) is 1. The minimum Gasteiger partial charge on any atom is -0.492 e. The van der Waals surface area contributed by atoms with Gasteiger partial charge in [-0.05, 0) is 38.0 Å². The number of piperidine rings is 1. The second-order valence-corrected chi connectivity index (χ2v) is 10.7. The molecule has 0 aromatic heterocycles. The lowest BCUT2D eigenvalue weighted by molar-refractivity contribution is -0.116. The van der Waals surface area contributed by atoms with E-state index in [-0.39, 0.29) is 10.6 Å². The fraction of sp³-hybridized carbons (Fsp3) is 0.588. The van der Waals surface area contributed by atoms with E-state index in [0.717, 1.165) is 29.8 Å². The summed E-state index contributed by atoms with van der Waals surface area (Å²) in [5, 5.41) is 2.56. The number of nitrogens with zero attached hydrogens (tertiary/aromatic N) is 2. The monoisotopic (exact) mass is 433 g/mol. The first-order chi connectivity index (χ1) is 13.1. The Morgan fingerprint density at radius 1 is 1.18 bits per heavy atom. The summed E-state index contributed by atoms with van der Waals surface area (Å²) in [5.74, 6) is -0.281. The first kappa shape index (κ1) is 22.6. The summed E-state index contributed by atoms with van der Waals surface area (Å²) >= 11 is 0. The predicted octanol–water partition coefficient (Wildman–Crippen LogP) is 1.09. The number of rotatable bonds is 8. The number of amides is 1. The Balaban J connectivity index is 2.28. The van der Waals surface area contributed by atoms with Gasteiger partial charge in [0.15, 0.2) is 0 Å². The zero-order valence-electron chi connectivity index (χ0n) is 16.3. The maximum atomic E-state index is 12.9. The summed E-state index contributed by atoms with van der Waals surface area (Å²) in [6.07, 6.45) is 3.64. The molecule has 2 rings (SSSR count). The van der Waals surface area contributed by atoms with Gasteiger partial charge < -0.3 is 10.1 Å². The standard InChI is InChI=1S/C17H27N3O6S2/c1-4-26-16-9-8-14(28(24,25)20-10-6-5-7-11-20)12-15(16)18-17(21)13-19(2)27(3,22)23/h8-9,12H,4-7,10-11,13H2,1-3H3,(H,18,21). The number of anilines is 1. The second-order valence-electron chi connectivity index (χ2n) is 6.62. The van der Waals surface area contributed by atoms with Gasteiger partial charge in [-0.3, -0.25) is 4.79 Å². The van der Waals surface area contributed by atoms with E-state index in [9.17, 15) is 21.6 Å². The predicted molar refractivity (Wildman–Crippen MR) is 106 cm³/mol. The fourth-order valence-electron chi connectivity index (χ4n) is 2.81. The van der Waals surface area contributed by atoms with Crippen molar-refractivity contribution in [3.8, 4) is 5.75 Å². The lowest BCUT2D eigenvalue weighted by Gasteiger charge is -2.26. The van der Waals surface area contributed by atoms with Gasteiger partial charge in [0.2, 0.25) is 26.0 Å². The van der Waals surface area contributed by atoms with Crippen LogP contribution in [0.5, 0.6) is 5.75 Å². The maximum absolute atomic E-state index is 12.9. The first-order valence-electron chi connectivity index (χ1n) is 9.04. The van der Waals surface area contributed by atoms with Crippen LogP contribution in [0.4, 0.5) is 5.69 Å². The number of likely N-dealkylation sites (N-methyl/N-ethyl adjacent to an activating group) is 1. The smallest absolute Gasteiger partial charge is 0.243 e. The van der Waals surface area contributed by atoms with Crippen LogP contribution in [0.15, 0.2) is 23.1 Å². The number of sulfonamides is 2. The van der Waals surface area contributed by atoms with Crippen molar-refractivity contribution in [1.82, 2.24) is 8.61 Å². The van der Waals surface area contributed by atoms with Gasteiger partial charge in [0.25, 0.3) is 0 Å². The Kier molecular flexibility index (Phi) is 7.43. The van der Waals surface area contributed by atoms with Crippen molar-refractivity contribution in [1.29, 1.82) is 0 Å². The molecule has 1 N–H and O–H groups in total. The molecular formula is C17H27N3O6S2. The molecule has 11 heteroatoms. The molecule has 1 saturated heterocycles. The minimum atomic E-state index is -3.68. The molecule has 0 aliphatic carbocycles. The molecule has 0 saturated carbocycles. The van der Waals surface area contributed by atoms with Gasteiger partial charge in [-0.2, -0.15) is 8.61 Å². The van der Waals surface area contributed by atoms with E-state index < -0.39 is 32.5 Å². The summed E-state index contributed by atoms with van der Waals surface area (Å²) in [5.41, 5.74) is 0.187. The summed E-state index contributed by atoms with van der Waals surface area (Å²) < 4.78 is 56.6. The maximum Gasteiger partial charge on any atom is 0.243 e. The molecule has 0 atom stereocenters. The number of carbonyl (C=O) groups is 1. The SMILES string of the molecule is CCOc1ccc(S(=O)(=O)N2CCCCC2)cc1NC(=O)CN(C)S(C)(=O)=O. The average molecular weight is 434 g/mol. The number of hydrogen-bond acceptors (Lipinski definition) is 6. The normalized spacial score (nSPS) is 16.1. The van der Waals surface area contributed by atoms with Gasteiger partial charge in [-0.1, -0.05) is 6.42 Å². The van der Waals surface area contributed by atoms with Crippen molar-refractivity contribution in [2.45, 2.75) is 31.1 Å². The van der Waals surface area contributed by atoms with Gasteiger partial charge >= 0.3 is 0 Å². The van der Waals surface area contributed by atoms with Gasteiger partial charge in [0.05, 0.1) is 30.0 Å². The number of benzene rings is 1. The van der Waals surface area contributed by atoms with E-state index in [1.807, 2.05) is 0 Å².